The van der Waals surface area contributed by atoms with Gasteiger partial charge < -0.3 is 0 Å². The van der Waals surface area contributed by atoms with Crippen LogP contribution in [0.15, 0.2) is 34.0 Å². The van der Waals surface area contributed by atoms with Gasteiger partial charge in [-0.3, -0.25) is 4.79 Å². The highest BCUT2D eigenvalue weighted by atomic mass is 32.2. The quantitative estimate of drug-likeness (QED) is 0.859. The molecule has 1 heterocycles. The van der Waals surface area contributed by atoms with Crippen LogP contribution >= 0.6 is 0 Å². The van der Waals surface area contributed by atoms with Crippen LogP contribution in [0.4, 0.5) is 0 Å². The minimum Gasteiger partial charge on any atom is -0.268 e. The normalized spacial score (nSPS) is 20.9. The summed E-state index contributed by atoms with van der Waals surface area (Å²) in [7, 11) is -3.63. The number of aromatic amines is 1. The lowest BCUT2D eigenvalue weighted by molar-refractivity contribution is 0.310. The summed E-state index contributed by atoms with van der Waals surface area (Å²) in [6, 6.07) is 6.48. The third kappa shape index (κ3) is 3.88. The number of rotatable bonds is 4. The largest absolute Gasteiger partial charge is 0.268 e. The molecule has 7 heteroatoms. The average Bonchev–Trinajstić information content (AvgIpc) is 2.59. The van der Waals surface area contributed by atoms with E-state index in [0.717, 1.165) is 36.8 Å². The summed E-state index contributed by atoms with van der Waals surface area (Å²) in [4.78, 5) is 11.5. The molecule has 0 saturated heterocycles. The molecule has 0 radical (unpaired) electrons. The zero-order chi connectivity index (χ0) is 18.9. The SMILES string of the molecule is Cc1cc(-c2ccc(=O)[nH]n2)cc(S(=O)(=O)N[C@H]2CCCC[C@@H]2C)c1C. The standard InChI is InChI=1S/C19H25N3O3S/c1-12-6-4-5-7-16(12)22-26(24,25)18-11-15(10-13(2)14(18)3)17-8-9-19(23)21-20-17/h8-12,16,22H,4-7H2,1-3H3,(H,21,23)/t12-,16-/m0/s1. The van der Waals surface area contributed by atoms with Crippen molar-refractivity contribution in [2.45, 2.75) is 57.4 Å². The highest BCUT2D eigenvalue weighted by Crippen LogP contribution is 2.29. The van der Waals surface area contributed by atoms with Gasteiger partial charge in [-0.25, -0.2) is 18.2 Å². The van der Waals surface area contributed by atoms with Gasteiger partial charge in [-0.2, -0.15) is 5.10 Å². The van der Waals surface area contributed by atoms with Crippen molar-refractivity contribution in [3.63, 3.8) is 0 Å². The van der Waals surface area contributed by atoms with Gasteiger partial charge in [0.25, 0.3) is 5.56 Å². The van der Waals surface area contributed by atoms with Crippen molar-refractivity contribution in [2.24, 2.45) is 5.92 Å². The number of aryl methyl sites for hydroxylation is 1. The van der Waals surface area contributed by atoms with Gasteiger partial charge in [0.2, 0.25) is 10.0 Å². The predicted octanol–water partition coefficient (Wildman–Crippen LogP) is 2.91. The molecule has 2 N–H and O–H groups in total. The van der Waals surface area contributed by atoms with Crippen molar-refractivity contribution < 1.29 is 8.42 Å². The van der Waals surface area contributed by atoms with E-state index in [1.807, 2.05) is 19.9 Å². The monoisotopic (exact) mass is 375 g/mol. The number of nitrogens with zero attached hydrogens (tertiary/aromatic N) is 1. The first-order valence-corrected chi connectivity index (χ1v) is 10.5. The molecule has 2 atom stereocenters. The second kappa shape index (κ2) is 7.32. The van der Waals surface area contributed by atoms with E-state index in [9.17, 15) is 13.2 Å². The van der Waals surface area contributed by atoms with E-state index in [1.54, 1.807) is 12.1 Å². The smallest absolute Gasteiger partial charge is 0.264 e. The number of sulfonamides is 1. The second-order valence-electron chi connectivity index (χ2n) is 7.21. The van der Waals surface area contributed by atoms with Crippen molar-refractivity contribution >= 4 is 10.0 Å². The average molecular weight is 375 g/mol. The van der Waals surface area contributed by atoms with E-state index in [-0.39, 0.29) is 16.5 Å². The Kier molecular flexibility index (Phi) is 5.29. The Bertz CT molecular complexity index is 946. The van der Waals surface area contributed by atoms with E-state index >= 15 is 0 Å². The fraction of sp³-hybridized carbons (Fsp3) is 0.474. The van der Waals surface area contributed by atoms with Gasteiger partial charge >= 0.3 is 0 Å². The lowest BCUT2D eigenvalue weighted by Gasteiger charge is -2.29. The highest BCUT2D eigenvalue weighted by Gasteiger charge is 2.28. The minimum atomic E-state index is -3.63. The molecular formula is C19H25N3O3S. The fourth-order valence-corrected chi connectivity index (χ4v) is 5.24. The Morgan fingerprint density at radius 2 is 1.88 bits per heavy atom. The molecule has 0 aliphatic heterocycles. The van der Waals surface area contributed by atoms with Crippen molar-refractivity contribution in [3.8, 4) is 11.3 Å². The molecule has 6 nitrogen and oxygen atoms in total. The molecule has 0 spiro atoms. The van der Waals surface area contributed by atoms with Crippen molar-refractivity contribution in [1.29, 1.82) is 0 Å². The third-order valence-electron chi connectivity index (χ3n) is 5.30. The number of H-pyrrole nitrogens is 1. The predicted molar refractivity (Wildman–Crippen MR) is 102 cm³/mol. The first-order chi connectivity index (χ1) is 12.3. The van der Waals surface area contributed by atoms with Crippen LogP contribution in [-0.4, -0.2) is 24.7 Å². The lowest BCUT2D eigenvalue weighted by Crippen LogP contribution is -2.41. The molecule has 1 fully saturated rings. The second-order valence-corrected chi connectivity index (χ2v) is 8.89. The minimum absolute atomic E-state index is 0.0247. The molecule has 2 aromatic rings. The van der Waals surface area contributed by atoms with Crippen LogP contribution in [0.3, 0.4) is 0 Å². The van der Waals surface area contributed by atoms with Crippen LogP contribution in [-0.2, 0) is 10.0 Å². The first kappa shape index (κ1) is 18.8. The molecule has 1 aliphatic carbocycles. The molecule has 0 bridgehead atoms. The summed E-state index contributed by atoms with van der Waals surface area (Å²) in [5.74, 6) is 0.337. The summed E-state index contributed by atoms with van der Waals surface area (Å²) in [5, 5.41) is 6.41. The van der Waals surface area contributed by atoms with Crippen molar-refractivity contribution in [3.05, 3.63) is 45.7 Å². The topological polar surface area (TPSA) is 91.9 Å². The maximum atomic E-state index is 13.1. The van der Waals surface area contributed by atoms with Gasteiger partial charge in [0.1, 0.15) is 0 Å². The summed E-state index contributed by atoms with van der Waals surface area (Å²) in [6.45, 7) is 5.80. The fourth-order valence-electron chi connectivity index (χ4n) is 3.51. The first-order valence-electron chi connectivity index (χ1n) is 8.97. The number of benzene rings is 1. The van der Waals surface area contributed by atoms with Gasteiger partial charge in [0.15, 0.2) is 0 Å². The summed E-state index contributed by atoms with van der Waals surface area (Å²) < 4.78 is 29.0. The van der Waals surface area contributed by atoms with E-state index in [0.29, 0.717) is 17.2 Å². The van der Waals surface area contributed by atoms with E-state index < -0.39 is 10.0 Å². The van der Waals surface area contributed by atoms with Crippen LogP contribution in [0.2, 0.25) is 0 Å². The van der Waals surface area contributed by atoms with Crippen LogP contribution in [0.1, 0.15) is 43.7 Å². The maximum Gasteiger partial charge on any atom is 0.264 e. The van der Waals surface area contributed by atoms with Gasteiger partial charge in [0, 0.05) is 17.7 Å². The van der Waals surface area contributed by atoms with Crippen molar-refractivity contribution in [2.75, 3.05) is 0 Å². The van der Waals surface area contributed by atoms with Crippen molar-refractivity contribution in [1.82, 2.24) is 14.9 Å². The molecule has 1 aromatic carbocycles. The van der Waals surface area contributed by atoms with Gasteiger partial charge in [-0.15, -0.1) is 0 Å². The van der Waals surface area contributed by atoms with E-state index in [1.165, 1.54) is 6.07 Å². The highest BCUT2D eigenvalue weighted by molar-refractivity contribution is 7.89. The molecule has 0 unspecified atom stereocenters. The molecule has 140 valence electrons. The molecule has 26 heavy (non-hydrogen) atoms. The van der Waals surface area contributed by atoms with Crippen LogP contribution in [0.25, 0.3) is 11.3 Å². The zero-order valence-corrected chi connectivity index (χ0v) is 16.2. The summed E-state index contributed by atoms with van der Waals surface area (Å²) in [6.07, 6.45) is 4.13. The van der Waals surface area contributed by atoms with E-state index in [2.05, 4.69) is 21.8 Å². The number of nitrogens with one attached hydrogen (secondary N) is 2. The Labute approximate surface area is 154 Å². The number of aromatic nitrogens is 2. The Hall–Kier alpha value is -1.99. The molecule has 3 rings (SSSR count). The summed E-state index contributed by atoms with van der Waals surface area (Å²) >= 11 is 0. The Balaban J connectivity index is 2.00. The third-order valence-corrected chi connectivity index (χ3v) is 6.92. The van der Waals surface area contributed by atoms with Crippen LogP contribution < -0.4 is 10.3 Å². The Morgan fingerprint density at radius 1 is 1.15 bits per heavy atom. The molecular weight excluding hydrogens is 350 g/mol. The maximum absolute atomic E-state index is 13.1. The lowest BCUT2D eigenvalue weighted by atomic mass is 9.87. The molecule has 1 aliphatic rings. The van der Waals surface area contributed by atoms with Gasteiger partial charge in [-0.1, -0.05) is 19.8 Å². The molecule has 1 aromatic heterocycles. The number of hydrogen-bond donors (Lipinski definition) is 2. The van der Waals surface area contributed by atoms with E-state index in [4.69, 9.17) is 0 Å². The van der Waals surface area contributed by atoms with Crippen LogP contribution in [0, 0.1) is 19.8 Å². The Morgan fingerprint density at radius 3 is 2.54 bits per heavy atom. The molecule has 0 amide bonds. The summed E-state index contributed by atoms with van der Waals surface area (Å²) in [5.41, 5.74) is 2.51. The van der Waals surface area contributed by atoms with Crippen LogP contribution in [0.5, 0.6) is 0 Å². The van der Waals surface area contributed by atoms with Gasteiger partial charge in [-0.05, 0) is 61.9 Å². The zero-order valence-electron chi connectivity index (χ0n) is 15.4. The molecule has 1 saturated carbocycles. The van der Waals surface area contributed by atoms with Gasteiger partial charge in [0.05, 0.1) is 10.6 Å². The number of hydrogen-bond acceptors (Lipinski definition) is 4.